The van der Waals surface area contributed by atoms with Gasteiger partial charge in [0.05, 0.1) is 7.11 Å². The summed E-state index contributed by atoms with van der Waals surface area (Å²) in [5.41, 5.74) is 15.3. The zero-order valence-corrected chi connectivity index (χ0v) is 15.6. The predicted molar refractivity (Wildman–Crippen MR) is 104 cm³/mol. The van der Waals surface area contributed by atoms with E-state index in [1.54, 1.807) is 7.11 Å². The van der Waals surface area contributed by atoms with Crippen molar-refractivity contribution in [2.24, 2.45) is 11.5 Å². The maximum absolute atomic E-state index is 10.9. The van der Waals surface area contributed by atoms with Gasteiger partial charge in [-0.15, -0.1) is 12.4 Å². The summed E-state index contributed by atoms with van der Waals surface area (Å²) in [6, 6.07) is 14.2. The number of carbonyl (C=O) groups is 1. The van der Waals surface area contributed by atoms with E-state index in [0.29, 0.717) is 5.75 Å². The lowest BCUT2D eigenvalue weighted by molar-refractivity contribution is -0.119. The van der Waals surface area contributed by atoms with Crippen molar-refractivity contribution in [1.82, 2.24) is 0 Å². The number of nitrogens with two attached hydrogens (primary N) is 2. The third-order valence-electron chi connectivity index (χ3n) is 4.78. The molecule has 2 unspecified atom stereocenters. The number of halogens is 1. The van der Waals surface area contributed by atoms with Gasteiger partial charge in [0.15, 0.2) is 6.61 Å². The molecule has 2 aromatic carbocycles. The number of aryl methyl sites for hydroxylation is 1. The van der Waals surface area contributed by atoms with E-state index < -0.39 is 5.91 Å². The summed E-state index contributed by atoms with van der Waals surface area (Å²) < 4.78 is 10.7. The molecule has 0 heterocycles. The Morgan fingerprint density at radius 1 is 1.15 bits per heavy atom. The number of ether oxygens (including phenoxy) is 2. The molecule has 0 saturated heterocycles. The number of carbonyl (C=O) groups excluding carboxylic acids is 1. The molecule has 0 aromatic heterocycles. The SMILES string of the molecule is COc1ccc(CC2c3cc(OCC(N)=O)ccc3CCC2N)cc1.Cl. The fraction of sp³-hybridized carbons (Fsp3) is 0.350. The van der Waals surface area contributed by atoms with Gasteiger partial charge in [-0.2, -0.15) is 0 Å². The number of rotatable bonds is 6. The average Bonchev–Trinajstić information content (AvgIpc) is 2.63. The molecule has 1 amide bonds. The number of hydrogen-bond acceptors (Lipinski definition) is 4. The summed E-state index contributed by atoms with van der Waals surface area (Å²) >= 11 is 0. The first kappa shape index (κ1) is 20.1. The minimum atomic E-state index is -0.482. The second-order valence-corrected chi connectivity index (χ2v) is 6.48. The summed E-state index contributed by atoms with van der Waals surface area (Å²) in [6.07, 6.45) is 2.79. The van der Waals surface area contributed by atoms with E-state index in [-0.39, 0.29) is 31.0 Å². The Labute approximate surface area is 160 Å². The maximum Gasteiger partial charge on any atom is 0.255 e. The Bertz CT molecular complexity index is 749. The lowest BCUT2D eigenvalue weighted by atomic mass is 9.76. The number of hydrogen-bond donors (Lipinski definition) is 2. The van der Waals surface area contributed by atoms with Crippen LogP contribution in [0.1, 0.15) is 29.0 Å². The monoisotopic (exact) mass is 376 g/mol. The van der Waals surface area contributed by atoms with Crippen molar-refractivity contribution >= 4 is 18.3 Å². The Morgan fingerprint density at radius 3 is 2.50 bits per heavy atom. The highest BCUT2D eigenvalue weighted by atomic mass is 35.5. The predicted octanol–water partition coefficient (Wildman–Crippen LogP) is 2.58. The molecule has 1 aliphatic carbocycles. The highest BCUT2D eigenvalue weighted by Crippen LogP contribution is 2.36. The molecular weight excluding hydrogens is 352 g/mol. The van der Waals surface area contributed by atoms with E-state index in [1.807, 2.05) is 24.3 Å². The largest absolute Gasteiger partial charge is 0.497 e. The van der Waals surface area contributed by atoms with Crippen LogP contribution in [-0.2, 0) is 17.6 Å². The molecule has 0 fully saturated rings. The van der Waals surface area contributed by atoms with E-state index in [4.69, 9.17) is 20.9 Å². The first-order chi connectivity index (χ1) is 12.1. The molecule has 1 aliphatic rings. The van der Waals surface area contributed by atoms with E-state index >= 15 is 0 Å². The second kappa shape index (κ2) is 8.92. The van der Waals surface area contributed by atoms with Crippen LogP contribution in [-0.4, -0.2) is 25.7 Å². The quantitative estimate of drug-likeness (QED) is 0.811. The van der Waals surface area contributed by atoms with E-state index in [0.717, 1.165) is 25.0 Å². The highest BCUT2D eigenvalue weighted by Gasteiger charge is 2.27. The summed E-state index contributed by atoms with van der Waals surface area (Å²) in [6.45, 7) is -0.117. The zero-order valence-electron chi connectivity index (χ0n) is 14.8. The van der Waals surface area contributed by atoms with Crippen LogP contribution in [0.3, 0.4) is 0 Å². The van der Waals surface area contributed by atoms with Gasteiger partial charge in [-0.25, -0.2) is 0 Å². The zero-order chi connectivity index (χ0) is 17.8. The van der Waals surface area contributed by atoms with Gasteiger partial charge in [0.25, 0.3) is 5.91 Å². The van der Waals surface area contributed by atoms with E-state index in [1.165, 1.54) is 16.7 Å². The number of amides is 1. The molecule has 26 heavy (non-hydrogen) atoms. The summed E-state index contributed by atoms with van der Waals surface area (Å²) in [4.78, 5) is 10.9. The lowest BCUT2D eigenvalue weighted by Gasteiger charge is -2.32. The number of methoxy groups -OCH3 is 1. The van der Waals surface area contributed by atoms with Crippen molar-refractivity contribution in [3.8, 4) is 11.5 Å². The number of benzene rings is 2. The molecular formula is C20H25ClN2O3. The van der Waals surface area contributed by atoms with Crippen molar-refractivity contribution in [2.75, 3.05) is 13.7 Å². The third-order valence-corrected chi connectivity index (χ3v) is 4.78. The lowest BCUT2D eigenvalue weighted by Crippen LogP contribution is -2.34. The number of fused-ring (bicyclic) bond motifs is 1. The third kappa shape index (κ3) is 4.68. The van der Waals surface area contributed by atoms with Gasteiger partial charge >= 0.3 is 0 Å². The minimum Gasteiger partial charge on any atom is -0.497 e. The molecule has 4 N–H and O–H groups in total. The maximum atomic E-state index is 10.9. The smallest absolute Gasteiger partial charge is 0.255 e. The minimum absolute atomic E-state index is 0. The average molecular weight is 377 g/mol. The standard InChI is InChI=1S/C20H24N2O3.ClH/c1-24-15-6-2-13(3-7-15)10-18-17-11-16(25-12-20(22)23)8-4-14(17)5-9-19(18)21;/h2-4,6-8,11,18-19H,5,9-10,12,21H2,1H3,(H2,22,23);1H. The summed E-state index contributed by atoms with van der Waals surface area (Å²) in [5, 5.41) is 0. The second-order valence-electron chi connectivity index (χ2n) is 6.48. The first-order valence-electron chi connectivity index (χ1n) is 8.49. The molecule has 140 valence electrons. The van der Waals surface area contributed by atoms with Crippen LogP contribution in [0.5, 0.6) is 11.5 Å². The molecule has 3 rings (SSSR count). The van der Waals surface area contributed by atoms with Crippen LogP contribution in [0.2, 0.25) is 0 Å². The van der Waals surface area contributed by atoms with Gasteiger partial charge in [0.1, 0.15) is 11.5 Å². The molecule has 6 heteroatoms. The van der Waals surface area contributed by atoms with Crippen LogP contribution < -0.4 is 20.9 Å². The van der Waals surface area contributed by atoms with Crippen molar-refractivity contribution in [3.05, 3.63) is 59.2 Å². The fourth-order valence-electron chi connectivity index (χ4n) is 3.42. The van der Waals surface area contributed by atoms with Crippen molar-refractivity contribution in [3.63, 3.8) is 0 Å². The molecule has 0 bridgehead atoms. The molecule has 2 aromatic rings. The summed E-state index contributed by atoms with van der Waals surface area (Å²) in [7, 11) is 1.66. The van der Waals surface area contributed by atoms with E-state index in [9.17, 15) is 4.79 Å². The van der Waals surface area contributed by atoms with E-state index in [2.05, 4.69) is 18.2 Å². The van der Waals surface area contributed by atoms with Crippen LogP contribution in [0.4, 0.5) is 0 Å². The fourth-order valence-corrected chi connectivity index (χ4v) is 3.42. The Hall–Kier alpha value is -2.24. The molecule has 2 atom stereocenters. The van der Waals surface area contributed by atoms with Gasteiger partial charge in [0, 0.05) is 12.0 Å². The van der Waals surface area contributed by atoms with Gasteiger partial charge in [-0.3, -0.25) is 4.79 Å². The summed E-state index contributed by atoms with van der Waals surface area (Å²) in [5.74, 6) is 1.24. The molecule has 0 spiro atoms. The number of primary amides is 1. The molecule has 0 aliphatic heterocycles. The molecule has 0 radical (unpaired) electrons. The van der Waals surface area contributed by atoms with Gasteiger partial charge in [0.2, 0.25) is 0 Å². The van der Waals surface area contributed by atoms with Crippen LogP contribution >= 0.6 is 12.4 Å². The van der Waals surface area contributed by atoms with Crippen LogP contribution in [0.15, 0.2) is 42.5 Å². The van der Waals surface area contributed by atoms with Crippen molar-refractivity contribution < 1.29 is 14.3 Å². The van der Waals surface area contributed by atoms with Gasteiger partial charge in [-0.05, 0) is 60.2 Å². The van der Waals surface area contributed by atoms with Crippen LogP contribution in [0.25, 0.3) is 0 Å². The van der Waals surface area contributed by atoms with Gasteiger partial charge < -0.3 is 20.9 Å². The topological polar surface area (TPSA) is 87.6 Å². The van der Waals surface area contributed by atoms with Crippen LogP contribution in [0, 0.1) is 0 Å². The molecule has 5 nitrogen and oxygen atoms in total. The van der Waals surface area contributed by atoms with Crippen molar-refractivity contribution in [1.29, 1.82) is 0 Å². The highest BCUT2D eigenvalue weighted by molar-refractivity contribution is 5.85. The Kier molecular flexibility index (Phi) is 6.89. The molecule has 0 saturated carbocycles. The Balaban J connectivity index is 0.00000243. The normalized spacial score (nSPS) is 18.4. The van der Waals surface area contributed by atoms with Crippen molar-refractivity contribution in [2.45, 2.75) is 31.2 Å². The Morgan fingerprint density at radius 2 is 1.85 bits per heavy atom. The van der Waals surface area contributed by atoms with Gasteiger partial charge in [-0.1, -0.05) is 18.2 Å². The first-order valence-corrected chi connectivity index (χ1v) is 8.49.